The monoisotopic (exact) mass is 211 g/mol. The minimum atomic E-state index is 0.197. The normalized spacial score (nSPS) is 11.4. The van der Waals surface area contributed by atoms with Crippen molar-refractivity contribution in [3.63, 3.8) is 0 Å². The molecule has 1 heterocycles. The Kier molecular flexibility index (Phi) is 2.78. The maximum absolute atomic E-state index is 4.04. The van der Waals surface area contributed by atoms with Crippen molar-refractivity contribution in [1.82, 2.24) is 4.98 Å². The van der Waals surface area contributed by atoms with Gasteiger partial charge in [0.1, 0.15) is 0 Å². The summed E-state index contributed by atoms with van der Waals surface area (Å²) in [4.78, 5) is 4.04. The van der Waals surface area contributed by atoms with Crippen molar-refractivity contribution >= 4 is 0 Å². The number of aromatic nitrogens is 1. The van der Waals surface area contributed by atoms with Gasteiger partial charge in [0.05, 0.1) is 0 Å². The van der Waals surface area contributed by atoms with Crippen molar-refractivity contribution in [1.29, 1.82) is 0 Å². The highest BCUT2D eigenvalue weighted by molar-refractivity contribution is 5.63. The zero-order valence-electron chi connectivity index (χ0n) is 10.1. The van der Waals surface area contributed by atoms with Crippen LogP contribution < -0.4 is 0 Å². The molecule has 0 N–H and O–H groups in total. The molecule has 82 valence electrons. The number of nitrogens with zero attached hydrogens (tertiary/aromatic N) is 1. The second kappa shape index (κ2) is 4.09. The average molecular weight is 211 g/mol. The third-order valence-electron chi connectivity index (χ3n) is 2.74. The second-order valence-electron chi connectivity index (χ2n) is 5.07. The van der Waals surface area contributed by atoms with E-state index in [-0.39, 0.29) is 5.41 Å². The van der Waals surface area contributed by atoms with Crippen LogP contribution in [0.1, 0.15) is 26.3 Å². The van der Waals surface area contributed by atoms with E-state index in [2.05, 4.69) is 50.0 Å². The lowest BCUT2D eigenvalue weighted by atomic mass is 9.85. The van der Waals surface area contributed by atoms with Gasteiger partial charge in [0.2, 0.25) is 0 Å². The van der Waals surface area contributed by atoms with Gasteiger partial charge in [-0.3, -0.25) is 4.98 Å². The number of benzene rings is 1. The minimum absolute atomic E-state index is 0.197. The summed E-state index contributed by atoms with van der Waals surface area (Å²) in [6.45, 7) is 6.70. The topological polar surface area (TPSA) is 12.9 Å². The highest BCUT2D eigenvalue weighted by Crippen LogP contribution is 2.27. The Morgan fingerprint density at radius 3 is 2.19 bits per heavy atom. The SMILES string of the molecule is CC(C)(C)c1cccc(-c2ccncc2)c1. The Labute approximate surface area is 97.2 Å². The maximum atomic E-state index is 4.04. The fourth-order valence-corrected chi connectivity index (χ4v) is 1.71. The lowest BCUT2D eigenvalue weighted by Crippen LogP contribution is -2.10. The molecule has 0 amide bonds. The lowest BCUT2D eigenvalue weighted by Gasteiger charge is -2.19. The molecule has 0 bridgehead atoms. The van der Waals surface area contributed by atoms with E-state index in [0.717, 1.165) is 0 Å². The van der Waals surface area contributed by atoms with Crippen LogP contribution in [0.3, 0.4) is 0 Å². The van der Waals surface area contributed by atoms with Gasteiger partial charge in [-0.1, -0.05) is 45.0 Å². The highest BCUT2D eigenvalue weighted by Gasteiger charge is 2.13. The van der Waals surface area contributed by atoms with Crippen LogP contribution in [-0.2, 0) is 5.41 Å². The Morgan fingerprint density at radius 1 is 0.875 bits per heavy atom. The van der Waals surface area contributed by atoms with E-state index in [9.17, 15) is 0 Å². The first-order valence-electron chi connectivity index (χ1n) is 5.58. The van der Waals surface area contributed by atoms with Crippen LogP contribution in [-0.4, -0.2) is 4.98 Å². The molecular weight excluding hydrogens is 194 g/mol. The van der Waals surface area contributed by atoms with Gasteiger partial charge in [0, 0.05) is 12.4 Å². The van der Waals surface area contributed by atoms with Crippen molar-refractivity contribution in [3.05, 3.63) is 54.4 Å². The van der Waals surface area contributed by atoms with Crippen LogP contribution >= 0.6 is 0 Å². The molecule has 2 rings (SSSR count). The van der Waals surface area contributed by atoms with Crippen molar-refractivity contribution in [3.8, 4) is 11.1 Å². The summed E-state index contributed by atoms with van der Waals surface area (Å²) in [7, 11) is 0. The van der Waals surface area contributed by atoms with Crippen LogP contribution in [0.25, 0.3) is 11.1 Å². The summed E-state index contributed by atoms with van der Waals surface area (Å²) in [6, 6.07) is 12.8. The van der Waals surface area contributed by atoms with Crippen LogP contribution in [0.15, 0.2) is 48.8 Å². The first kappa shape index (κ1) is 10.9. The van der Waals surface area contributed by atoms with Crippen molar-refractivity contribution in [2.24, 2.45) is 0 Å². The van der Waals surface area contributed by atoms with Crippen LogP contribution in [0, 0.1) is 0 Å². The van der Waals surface area contributed by atoms with Crippen molar-refractivity contribution in [2.75, 3.05) is 0 Å². The summed E-state index contributed by atoms with van der Waals surface area (Å²) in [5.74, 6) is 0. The first-order valence-corrected chi connectivity index (χ1v) is 5.58. The fourth-order valence-electron chi connectivity index (χ4n) is 1.71. The molecular formula is C15H17N. The molecule has 0 radical (unpaired) electrons. The number of hydrogen-bond acceptors (Lipinski definition) is 1. The van der Waals surface area contributed by atoms with Crippen molar-refractivity contribution in [2.45, 2.75) is 26.2 Å². The molecule has 0 spiro atoms. The predicted molar refractivity (Wildman–Crippen MR) is 68.4 cm³/mol. The molecule has 0 aliphatic heterocycles. The number of pyridine rings is 1. The summed E-state index contributed by atoms with van der Waals surface area (Å²) in [5, 5.41) is 0. The molecule has 0 unspecified atom stereocenters. The van der Waals surface area contributed by atoms with Crippen LogP contribution in [0.2, 0.25) is 0 Å². The summed E-state index contributed by atoms with van der Waals surface area (Å²) >= 11 is 0. The molecule has 16 heavy (non-hydrogen) atoms. The maximum Gasteiger partial charge on any atom is 0.0273 e. The summed E-state index contributed by atoms with van der Waals surface area (Å²) < 4.78 is 0. The second-order valence-corrected chi connectivity index (χ2v) is 5.07. The average Bonchev–Trinajstić information content (AvgIpc) is 2.29. The Hall–Kier alpha value is -1.63. The highest BCUT2D eigenvalue weighted by atomic mass is 14.6. The van der Waals surface area contributed by atoms with E-state index < -0.39 is 0 Å². The van der Waals surface area contributed by atoms with E-state index in [1.54, 1.807) is 0 Å². The molecule has 2 aromatic rings. The smallest absolute Gasteiger partial charge is 0.0273 e. The summed E-state index contributed by atoms with van der Waals surface area (Å²) in [5.41, 5.74) is 4.04. The van der Waals surface area contributed by atoms with E-state index in [1.807, 2.05) is 24.5 Å². The van der Waals surface area contributed by atoms with Gasteiger partial charge >= 0.3 is 0 Å². The molecule has 0 atom stereocenters. The summed E-state index contributed by atoms with van der Waals surface area (Å²) in [6.07, 6.45) is 3.66. The quantitative estimate of drug-likeness (QED) is 0.693. The molecule has 1 heteroatoms. The van der Waals surface area contributed by atoms with E-state index in [1.165, 1.54) is 16.7 Å². The largest absolute Gasteiger partial charge is 0.265 e. The molecule has 1 aromatic heterocycles. The number of rotatable bonds is 1. The zero-order chi connectivity index (χ0) is 11.6. The number of hydrogen-bond donors (Lipinski definition) is 0. The third-order valence-corrected chi connectivity index (χ3v) is 2.74. The zero-order valence-corrected chi connectivity index (χ0v) is 10.1. The predicted octanol–water partition coefficient (Wildman–Crippen LogP) is 4.05. The standard InChI is InChI=1S/C15H17N/c1-15(2,3)14-6-4-5-13(11-14)12-7-9-16-10-8-12/h4-11H,1-3H3. The first-order chi connectivity index (χ1) is 7.57. The Morgan fingerprint density at radius 2 is 1.56 bits per heavy atom. The van der Waals surface area contributed by atoms with Crippen LogP contribution in [0.5, 0.6) is 0 Å². The van der Waals surface area contributed by atoms with Gasteiger partial charge in [-0.15, -0.1) is 0 Å². The third kappa shape index (κ3) is 2.30. The van der Waals surface area contributed by atoms with Gasteiger partial charge in [0.25, 0.3) is 0 Å². The molecule has 1 aromatic carbocycles. The molecule has 0 saturated carbocycles. The van der Waals surface area contributed by atoms with Gasteiger partial charge in [-0.25, -0.2) is 0 Å². The molecule has 0 aliphatic carbocycles. The Bertz CT molecular complexity index is 466. The lowest BCUT2D eigenvalue weighted by molar-refractivity contribution is 0.590. The van der Waals surface area contributed by atoms with E-state index in [4.69, 9.17) is 0 Å². The van der Waals surface area contributed by atoms with Gasteiger partial charge in [0.15, 0.2) is 0 Å². The van der Waals surface area contributed by atoms with Gasteiger partial charge in [-0.05, 0) is 34.2 Å². The molecule has 1 nitrogen and oxygen atoms in total. The molecule has 0 fully saturated rings. The fraction of sp³-hybridized carbons (Fsp3) is 0.267. The Balaban J connectivity index is 2.45. The van der Waals surface area contributed by atoms with E-state index in [0.29, 0.717) is 0 Å². The minimum Gasteiger partial charge on any atom is -0.265 e. The molecule has 0 aliphatic rings. The van der Waals surface area contributed by atoms with Gasteiger partial charge < -0.3 is 0 Å². The van der Waals surface area contributed by atoms with Crippen molar-refractivity contribution < 1.29 is 0 Å². The molecule has 0 saturated heterocycles. The van der Waals surface area contributed by atoms with Crippen LogP contribution in [0.4, 0.5) is 0 Å². The van der Waals surface area contributed by atoms with Gasteiger partial charge in [-0.2, -0.15) is 0 Å². The van der Waals surface area contributed by atoms with E-state index >= 15 is 0 Å².